The maximum absolute atomic E-state index is 12.7. The number of carbonyl (C=O) groups is 1. The van der Waals surface area contributed by atoms with Crippen molar-refractivity contribution < 1.29 is 9.53 Å². The first-order chi connectivity index (χ1) is 10.6. The van der Waals surface area contributed by atoms with Crippen LogP contribution in [0.5, 0.6) is 0 Å². The second-order valence-electron chi connectivity index (χ2n) is 5.98. The largest absolute Gasteiger partial charge is 0.372 e. The number of nitriles is 1. The molecule has 4 nitrogen and oxygen atoms in total. The highest BCUT2D eigenvalue weighted by molar-refractivity contribution is 7.16. The van der Waals surface area contributed by atoms with E-state index in [1.54, 1.807) is 11.0 Å². The molecule has 0 aliphatic carbocycles. The van der Waals surface area contributed by atoms with E-state index in [0.717, 1.165) is 37.0 Å². The number of rotatable bonds is 2. The smallest absolute Gasteiger partial charge is 0.228 e. The predicted octanol–water partition coefficient (Wildman–Crippen LogP) is 3.40. The number of carbonyl (C=O) groups excluding carboxylic acids is 1. The molecule has 1 aromatic heterocycles. The molecule has 2 aliphatic heterocycles. The first kappa shape index (κ1) is 15.8. The molecule has 1 amide bonds. The highest BCUT2D eigenvalue weighted by Gasteiger charge is 2.48. The number of hydrogen-bond acceptors (Lipinski definition) is 4. The van der Waals surface area contributed by atoms with Gasteiger partial charge in [0.2, 0.25) is 5.91 Å². The molecule has 0 saturated carbocycles. The van der Waals surface area contributed by atoms with Gasteiger partial charge in [-0.1, -0.05) is 11.6 Å². The summed E-state index contributed by atoms with van der Waals surface area (Å²) >= 11 is 7.34. The summed E-state index contributed by atoms with van der Waals surface area (Å²) in [6.45, 7) is 1.34. The van der Waals surface area contributed by atoms with Crippen molar-refractivity contribution in [3.05, 3.63) is 21.3 Å². The molecule has 22 heavy (non-hydrogen) atoms. The monoisotopic (exact) mass is 338 g/mol. The molecule has 0 radical (unpaired) electrons. The zero-order valence-electron chi connectivity index (χ0n) is 12.4. The fourth-order valence-corrected chi connectivity index (χ4v) is 4.62. The Morgan fingerprint density at radius 2 is 2.27 bits per heavy atom. The number of piperidine rings is 1. The minimum atomic E-state index is -0.468. The molecule has 0 bridgehead atoms. The van der Waals surface area contributed by atoms with E-state index in [2.05, 4.69) is 6.07 Å². The van der Waals surface area contributed by atoms with Crippen molar-refractivity contribution in [2.24, 2.45) is 0 Å². The van der Waals surface area contributed by atoms with Crippen LogP contribution >= 0.6 is 22.9 Å². The molecule has 6 heteroatoms. The van der Waals surface area contributed by atoms with Crippen molar-refractivity contribution in [3.8, 4) is 6.07 Å². The van der Waals surface area contributed by atoms with Crippen LogP contribution in [0.15, 0.2) is 12.1 Å². The van der Waals surface area contributed by atoms with Crippen molar-refractivity contribution in [1.29, 1.82) is 5.26 Å². The molecular formula is C16H19ClN2O2S. The second-order valence-corrected chi connectivity index (χ2v) is 7.77. The second kappa shape index (κ2) is 6.57. The van der Waals surface area contributed by atoms with Crippen LogP contribution in [-0.4, -0.2) is 35.6 Å². The van der Waals surface area contributed by atoms with Gasteiger partial charge in [-0.3, -0.25) is 4.79 Å². The molecule has 2 fully saturated rings. The van der Waals surface area contributed by atoms with E-state index in [-0.39, 0.29) is 5.91 Å². The Morgan fingerprint density at radius 3 is 2.91 bits per heavy atom. The van der Waals surface area contributed by atoms with Crippen LogP contribution in [0.2, 0.25) is 4.34 Å². The molecule has 2 atom stereocenters. The van der Waals surface area contributed by atoms with Gasteiger partial charge < -0.3 is 9.64 Å². The van der Waals surface area contributed by atoms with E-state index in [1.807, 2.05) is 6.07 Å². The van der Waals surface area contributed by atoms with E-state index in [1.165, 1.54) is 11.3 Å². The molecule has 118 valence electrons. The van der Waals surface area contributed by atoms with Gasteiger partial charge in [0.15, 0.2) is 0 Å². The van der Waals surface area contributed by atoms with Crippen LogP contribution in [0, 0.1) is 11.3 Å². The Morgan fingerprint density at radius 1 is 1.45 bits per heavy atom. The van der Waals surface area contributed by atoms with Gasteiger partial charge in [0.1, 0.15) is 11.6 Å². The molecule has 3 rings (SSSR count). The van der Waals surface area contributed by atoms with Gasteiger partial charge in [-0.05, 0) is 44.2 Å². The summed E-state index contributed by atoms with van der Waals surface area (Å²) in [5.41, 5.74) is -0.450. The molecule has 1 aromatic rings. The number of hydrogen-bond donors (Lipinski definition) is 0. The zero-order valence-corrected chi connectivity index (χ0v) is 14.0. The first-order valence-electron chi connectivity index (χ1n) is 7.72. The normalized spacial score (nSPS) is 28.5. The van der Waals surface area contributed by atoms with Crippen LogP contribution < -0.4 is 0 Å². The Labute approximate surface area is 139 Å². The van der Waals surface area contributed by atoms with E-state index in [9.17, 15) is 10.1 Å². The summed E-state index contributed by atoms with van der Waals surface area (Å²) in [4.78, 5) is 15.3. The van der Waals surface area contributed by atoms with Crippen molar-refractivity contribution in [1.82, 2.24) is 4.90 Å². The minimum absolute atomic E-state index is 0.00156. The van der Waals surface area contributed by atoms with Gasteiger partial charge in [0.25, 0.3) is 0 Å². The Kier molecular flexibility index (Phi) is 4.72. The van der Waals surface area contributed by atoms with Gasteiger partial charge in [-0.15, -0.1) is 11.3 Å². The lowest BCUT2D eigenvalue weighted by Crippen LogP contribution is -2.60. The lowest BCUT2D eigenvalue weighted by Gasteiger charge is -2.48. The standard InChI is InChI=1S/C16H19ClN2O2S/c17-14-5-4-12(22-14)10-15(20)19-8-3-7-16(13(19)11-18)6-1-2-9-21-16/h4-5,13H,1-3,6-10H2/t13-,16+/m0/s1. The maximum atomic E-state index is 12.7. The summed E-state index contributed by atoms with van der Waals surface area (Å²) in [5.74, 6) is -0.00156. The zero-order chi connectivity index (χ0) is 15.6. The first-order valence-corrected chi connectivity index (χ1v) is 8.91. The lowest BCUT2D eigenvalue weighted by molar-refractivity contribution is -0.158. The lowest BCUT2D eigenvalue weighted by atomic mass is 9.79. The van der Waals surface area contributed by atoms with Crippen molar-refractivity contribution in [2.45, 2.75) is 50.2 Å². The van der Waals surface area contributed by atoms with E-state index < -0.39 is 11.6 Å². The number of ether oxygens (including phenoxy) is 1. The van der Waals surface area contributed by atoms with Gasteiger partial charge in [0, 0.05) is 18.0 Å². The molecule has 2 aliphatic rings. The third kappa shape index (κ3) is 3.01. The van der Waals surface area contributed by atoms with E-state index >= 15 is 0 Å². The predicted molar refractivity (Wildman–Crippen MR) is 85.9 cm³/mol. The molecule has 1 spiro atoms. The van der Waals surface area contributed by atoms with Gasteiger partial charge in [-0.25, -0.2) is 0 Å². The van der Waals surface area contributed by atoms with E-state index in [0.29, 0.717) is 23.9 Å². The SMILES string of the molecule is N#C[C@@H]1N(C(=O)Cc2ccc(Cl)s2)CCC[C@]12CCCCO2. The number of amides is 1. The summed E-state index contributed by atoms with van der Waals surface area (Å²) in [7, 11) is 0. The van der Waals surface area contributed by atoms with Crippen LogP contribution in [-0.2, 0) is 16.0 Å². The summed E-state index contributed by atoms with van der Waals surface area (Å²) in [5, 5.41) is 9.66. The molecule has 3 heterocycles. The number of thiophene rings is 1. The molecule has 0 unspecified atom stereocenters. The van der Waals surface area contributed by atoms with Gasteiger partial charge in [0.05, 0.1) is 16.8 Å². The number of nitrogens with zero attached hydrogens (tertiary/aromatic N) is 2. The van der Waals surface area contributed by atoms with Crippen molar-refractivity contribution in [2.75, 3.05) is 13.2 Å². The Hall–Kier alpha value is -1.09. The summed E-state index contributed by atoms with van der Waals surface area (Å²) in [6, 6.07) is 5.56. The molecular weight excluding hydrogens is 320 g/mol. The summed E-state index contributed by atoms with van der Waals surface area (Å²) < 4.78 is 6.70. The average Bonchev–Trinajstić information content (AvgIpc) is 2.93. The van der Waals surface area contributed by atoms with Crippen LogP contribution in [0.1, 0.15) is 37.0 Å². The molecule has 2 saturated heterocycles. The Bertz CT molecular complexity index is 584. The third-order valence-electron chi connectivity index (χ3n) is 4.59. The fraction of sp³-hybridized carbons (Fsp3) is 0.625. The topological polar surface area (TPSA) is 53.3 Å². The van der Waals surface area contributed by atoms with Crippen LogP contribution in [0.4, 0.5) is 0 Å². The Balaban J connectivity index is 1.76. The van der Waals surface area contributed by atoms with Crippen LogP contribution in [0.3, 0.4) is 0 Å². The quantitative estimate of drug-likeness (QED) is 0.830. The number of halogens is 1. The highest BCUT2D eigenvalue weighted by atomic mass is 35.5. The van der Waals surface area contributed by atoms with Crippen LogP contribution in [0.25, 0.3) is 0 Å². The van der Waals surface area contributed by atoms with E-state index in [4.69, 9.17) is 16.3 Å². The minimum Gasteiger partial charge on any atom is -0.372 e. The molecule has 0 aromatic carbocycles. The van der Waals surface area contributed by atoms with Gasteiger partial charge >= 0.3 is 0 Å². The summed E-state index contributed by atoms with van der Waals surface area (Å²) in [6.07, 6.45) is 5.07. The van der Waals surface area contributed by atoms with Gasteiger partial charge in [-0.2, -0.15) is 5.26 Å². The van der Waals surface area contributed by atoms with Crippen molar-refractivity contribution >= 4 is 28.8 Å². The fourth-order valence-electron chi connectivity index (χ4n) is 3.54. The average molecular weight is 339 g/mol. The molecule has 0 N–H and O–H groups in total. The third-order valence-corrected chi connectivity index (χ3v) is 5.82. The van der Waals surface area contributed by atoms with Crippen molar-refractivity contribution in [3.63, 3.8) is 0 Å². The maximum Gasteiger partial charge on any atom is 0.228 e. The number of likely N-dealkylation sites (tertiary alicyclic amines) is 1. The highest BCUT2D eigenvalue weighted by Crippen LogP contribution is 2.38.